The molecule has 1 fully saturated rings. The quantitative estimate of drug-likeness (QED) is 0.566. The van der Waals surface area contributed by atoms with E-state index >= 15 is 0 Å². The van der Waals surface area contributed by atoms with Crippen LogP contribution in [0.15, 0.2) is 59.5 Å². The van der Waals surface area contributed by atoms with Crippen LogP contribution in [0, 0.1) is 6.92 Å². The van der Waals surface area contributed by atoms with E-state index in [9.17, 15) is 8.42 Å². The maximum atomic E-state index is 13.2. The van der Waals surface area contributed by atoms with E-state index in [2.05, 4.69) is 10.2 Å². The van der Waals surface area contributed by atoms with Crippen molar-refractivity contribution in [1.29, 1.82) is 0 Å². The zero-order valence-electron chi connectivity index (χ0n) is 18.4. The molecule has 0 saturated carbocycles. The lowest BCUT2D eigenvalue weighted by atomic mass is 10.1. The van der Waals surface area contributed by atoms with E-state index < -0.39 is 10.0 Å². The molecule has 0 N–H and O–H groups in total. The number of aromatic nitrogens is 2. The summed E-state index contributed by atoms with van der Waals surface area (Å²) >= 11 is 0. The van der Waals surface area contributed by atoms with Crippen LogP contribution in [0.3, 0.4) is 0 Å². The van der Waals surface area contributed by atoms with Gasteiger partial charge in [-0.05, 0) is 31.2 Å². The van der Waals surface area contributed by atoms with Gasteiger partial charge in [0.2, 0.25) is 10.0 Å². The third kappa shape index (κ3) is 4.39. The lowest BCUT2D eigenvalue weighted by Crippen LogP contribution is -2.49. The minimum atomic E-state index is -3.72. The highest BCUT2D eigenvalue weighted by molar-refractivity contribution is 7.89. The second-order valence-electron chi connectivity index (χ2n) is 7.55. The molecule has 32 heavy (non-hydrogen) atoms. The zero-order valence-corrected chi connectivity index (χ0v) is 19.2. The van der Waals surface area contributed by atoms with Crippen molar-refractivity contribution in [3.8, 4) is 22.8 Å². The summed E-state index contributed by atoms with van der Waals surface area (Å²) in [7, 11) is -0.766. The summed E-state index contributed by atoms with van der Waals surface area (Å²) in [6, 6.07) is 16.8. The summed E-state index contributed by atoms with van der Waals surface area (Å²) in [5.41, 5.74) is 3.01. The Hall–Kier alpha value is -3.17. The van der Waals surface area contributed by atoms with Crippen molar-refractivity contribution in [1.82, 2.24) is 14.5 Å². The number of hydrogen-bond donors (Lipinski definition) is 0. The molecule has 3 aromatic rings. The number of nitrogens with zero attached hydrogens (tertiary/aromatic N) is 4. The van der Waals surface area contributed by atoms with Gasteiger partial charge in [-0.3, -0.25) is 0 Å². The molecule has 0 spiro atoms. The average Bonchev–Trinajstić information content (AvgIpc) is 2.84. The smallest absolute Gasteiger partial charge is 0.247 e. The first kappa shape index (κ1) is 22.0. The number of piperazine rings is 1. The Morgan fingerprint density at radius 2 is 1.56 bits per heavy atom. The van der Waals surface area contributed by atoms with Gasteiger partial charge in [-0.2, -0.15) is 4.31 Å². The molecule has 0 bridgehead atoms. The second-order valence-corrected chi connectivity index (χ2v) is 9.46. The highest BCUT2D eigenvalue weighted by atomic mass is 32.2. The van der Waals surface area contributed by atoms with Gasteiger partial charge in [0.05, 0.1) is 19.9 Å². The molecule has 0 amide bonds. The molecule has 2 aromatic carbocycles. The first-order chi connectivity index (χ1) is 15.4. The van der Waals surface area contributed by atoms with Crippen LogP contribution in [-0.4, -0.2) is 63.3 Å². The van der Waals surface area contributed by atoms with E-state index in [1.54, 1.807) is 12.1 Å². The molecule has 2 heterocycles. The minimum Gasteiger partial charge on any atom is -0.497 e. The number of anilines is 1. The first-order valence-electron chi connectivity index (χ1n) is 10.3. The summed E-state index contributed by atoms with van der Waals surface area (Å²) in [5.74, 6) is 1.50. The molecule has 1 aromatic heterocycles. The van der Waals surface area contributed by atoms with E-state index in [0.29, 0.717) is 37.7 Å². The highest BCUT2D eigenvalue weighted by Gasteiger charge is 2.31. The fraction of sp³-hybridized carbons (Fsp3) is 0.304. The summed E-state index contributed by atoms with van der Waals surface area (Å²) in [6.45, 7) is 3.76. The first-order valence-corrected chi connectivity index (χ1v) is 11.7. The number of benzene rings is 2. The van der Waals surface area contributed by atoms with Crippen LogP contribution >= 0.6 is 0 Å². The van der Waals surface area contributed by atoms with Crippen LogP contribution in [-0.2, 0) is 10.0 Å². The van der Waals surface area contributed by atoms with Crippen molar-refractivity contribution in [2.45, 2.75) is 11.8 Å². The number of methoxy groups -OCH3 is 2. The molecule has 4 rings (SSSR count). The molecule has 0 unspecified atom stereocenters. The number of hydrogen-bond acceptors (Lipinski definition) is 7. The Morgan fingerprint density at radius 3 is 2.16 bits per heavy atom. The van der Waals surface area contributed by atoms with Crippen LogP contribution in [0.1, 0.15) is 5.56 Å². The van der Waals surface area contributed by atoms with Gasteiger partial charge in [-0.1, -0.05) is 29.8 Å². The number of ether oxygens (including phenoxy) is 2. The van der Waals surface area contributed by atoms with E-state index in [1.165, 1.54) is 30.2 Å². The third-order valence-corrected chi connectivity index (χ3v) is 7.47. The Morgan fingerprint density at radius 1 is 0.844 bits per heavy atom. The Balaban J connectivity index is 1.46. The maximum Gasteiger partial charge on any atom is 0.247 e. The van der Waals surface area contributed by atoms with Crippen molar-refractivity contribution < 1.29 is 17.9 Å². The SMILES string of the molecule is COc1ccc(OC)c(S(=O)(=O)N2CCN(c3ccc(-c4ccc(C)cc4)nn3)CC2)c1. The summed E-state index contributed by atoms with van der Waals surface area (Å²) < 4.78 is 38.4. The van der Waals surface area contributed by atoms with E-state index in [1.807, 2.05) is 48.2 Å². The topological polar surface area (TPSA) is 84.9 Å². The summed E-state index contributed by atoms with van der Waals surface area (Å²) in [5, 5.41) is 8.73. The molecule has 1 saturated heterocycles. The predicted octanol–water partition coefficient (Wildman–Crippen LogP) is 2.98. The van der Waals surface area contributed by atoms with Gasteiger partial charge >= 0.3 is 0 Å². The molecule has 168 valence electrons. The number of aryl methyl sites for hydroxylation is 1. The van der Waals surface area contributed by atoms with Crippen molar-refractivity contribution in [3.05, 3.63) is 60.2 Å². The fourth-order valence-electron chi connectivity index (χ4n) is 3.65. The number of sulfonamides is 1. The van der Waals surface area contributed by atoms with Gasteiger partial charge in [0, 0.05) is 37.8 Å². The summed E-state index contributed by atoms with van der Waals surface area (Å²) in [6.07, 6.45) is 0. The maximum absolute atomic E-state index is 13.2. The number of rotatable bonds is 6. The standard InChI is InChI=1S/C23H26N4O4S/c1-17-4-6-18(7-5-17)20-9-11-23(25-24-20)26-12-14-27(15-13-26)32(28,29)22-16-19(30-2)8-10-21(22)31-3/h4-11,16H,12-15H2,1-3H3. The van der Waals surface area contributed by atoms with Crippen LogP contribution in [0.5, 0.6) is 11.5 Å². The van der Waals surface area contributed by atoms with Gasteiger partial charge in [-0.15, -0.1) is 10.2 Å². The largest absolute Gasteiger partial charge is 0.497 e. The van der Waals surface area contributed by atoms with Crippen molar-refractivity contribution in [2.24, 2.45) is 0 Å². The van der Waals surface area contributed by atoms with Crippen LogP contribution in [0.25, 0.3) is 11.3 Å². The predicted molar refractivity (Wildman–Crippen MR) is 123 cm³/mol. The highest BCUT2D eigenvalue weighted by Crippen LogP contribution is 2.31. The Labute approximate surface area is 188 Å². The monoisotopic (exact) mass is 454 g/mol. The van der Waals surface area contributed by atoms with Crippen molar-refractivity contribution in [2.75, 3.05) is 45.3 Å². The van der Waals surface area contributed by atoms with E-state index in [-0.39, 0.29) is 4.90 Å². The molecule has 9 heteroatoms. The van der Waals surface area contributed by atoms with Crippen molar-refractivity contribution >= 4 is 15.8 Å². The normalized spacial score (nSPS) is 14.9. The molecule has 1 aliphatic rings. The molecule has 0 radical (unpaired) electrons. The average molecular weight is 455 g/mol. The molecular formula is C23H26N4O4S. The van der Waals surface area contributed by atoms with Crippen LogP contribution in [0.2, 0.25) is 0 Å². The minimum absolute atomic E-state index is 0.107. The molecular weight excluding hydrogens is 428 g/mol. The zero-order chi connectivity index (χ0) is 22.7. The molecule has 0 aliphatic carbocycles. The van der Waals surface area contributed by atoms with Gasteiger partial charge in [0.25, 0.3) is 0 Å². The van der Waals surface area contributed by atoms with Crippen molar-refractivity contribution in [3.63, 3.8) is 0 Å². The van der Waals surface area contributed by atoms with Gasteiger partial charge in [0.1, 0.15) is 16.4 Å². The molecule has 1 aliphatic heterocycles. The second kappa shape index (κ2) is 9.13. The molecule has 0 atom stereocenters. The van der Waals surface area contributed by atoms with Gasteiger partial charge in [0.15, 0.2) is 5.82 Å². The van der Waals surface area contributed by atoms with Crippen LogP contribution < -0.4 is 14.4 Å². The third-order valence-electron chi connectivity index (χ3n) is 5.55. The Kier molecular flexibility index (Phi) is 6.29. The lowest BCUT2D eigenvalue weighted by molar-refractivity contribution is 0.370. The molecule has 8 nitrogen and oxygen atoms in total. The van der Waals surface area contributed by atoms with E-state index in [0.717, 1.165) is 17.1 Å². The van der Waals surface area contributed by atoms with Crippen LogP contribution in [0.4, 0.5) is 5.82 Å². The van der Waals surface area contributed by atoms with E-state index in [4.69, 9.17) is 9.47 Å². The fourth-order valence-corrected chi connectivity index (χ4v) is 5.25. The summed E-state index contributed by atoms with van der Waals surface area (Å²) in [4.78, 5) is 2.15. The van der Waals surface area contributed by atoms with Gasteiger partial charge < -0.3 is 14.4 Å². The lowest BCUT2D eigenvalue weighted by Gasteiger charge is -2.34. The Bertz CT molecular complexity index is 1170. The van der Waals surface area contributed by atoms with Gasteiger partial charge in [-0.25, -0.2) is 8.42 Å².